The van der Waals surface area contributed by atoms with E-state index in [1.54, 1.807) is 14.2 Å². The first-order chi connectivity index (χ1) is 10.1. The molecule has 0 aromatic heterocycles. The third kappa shape index (κ3) is 5.96. The van der Waals surface area contributed by atoms with Crippen LogP contribution in [0, 0.1) is 0 Å². The standard InChI is InChI=1S/C16H23BrO4/c1-4-10-21-16(18)14(17)7-5-6-12-8-9-13(19-2)11-15(12)20-3/h8-9,11,14H,4-7,10H2,1-3H3. The lowest BCUT2D eigenvalue weighted by molar-refractivity contribution is -0.142. The number of alkyl halides is 1. The Kier molecular flexibility index (Phi) is 8.20. The maximum atomic E-state index is 11.6. The molecule has 0 saturated heterocycles. The van der Waals surface area contributed by atoms with E-state index < -0.39 is 0 Å². The molecule has 21 heavy (non-hydrogen) atoms. The fourth-order valence-corrected chi connectivity index (χ4v) is 2.40. The number of esters is 1. The highest BCUT2D eigenvalue weighted by Crippen LogP contribution is 2.26. The molecule has 0 fully saturated rings. The van der Waals surface area contributed by atoms with Gasteiger partial charge in [0.25, 0.3) is 0 Å². The quantitative estimate of drug-likeness (QED) is 0.498. The van der Waals surface area contributed by atoms with Crippen LogP contribution in [-0.2, 0) is 16.0 Å². The monoisotopic (exact) mass is 358 g/mol. The molecule has 0 aliphatic heterocycles. The maximum Gasteiger partial charge on any atom is 0.319 e. The molecule has 5 heteroatoms. The van der Waals surface area contributed by atoms with Gasteiger partial charge in [0.2, 0.25) is 0 Å². The second kappa shape index (κ2) is 9.66. The average Bonchev–Trinajstić information content (AvgIpc) is 2.52. The molecule has 1 aromatic rings. The molecular formula is C16H23BrO4. The summed E-state index contributed by atoms with van der Waals surface area (Å²) in [6.45, 7) is 2.46. The highest BCUT2D eigenvalue weighted by atomic mass is 79.9. The third-order valence-corrected chi connectivity index (χ3v) is 3.93. The summed E-state index contributed by atoms with van der Waals surface area (Å²) < 4.78 is 15.6. The summed E-state index contributed by atoms with van der Waals surface area (Å²) in [4.78, 5) is 11.4. The number of carbonyl (C=O) groups is 1. The molecule has 0 N–H and O–H groups in total. The molecule has 0 spiro atoms. The number of rotatable bonds is 9. The fraction of sp³-hybridized carbons (Fsp3) is 0.562. The van der Waals surface area contributed by atoms with Crippen molar-refractivity contribution < 1.29 is 19.0 Å². The lowest BCUT2D eigenvalue weighted by Gasteiger charge is -2.12. The van der Waals surface area contributed by atoms with Crippen LogP contribution in [0.15, 0.2) is 18.2 Å². The predicted octanol–water partition coefficient (Wildman–Crippen LogP) is 3.74. The van der Waals surface area contributed by atoms with Gasteiger partial charge < -0.3 is 14.2 Å². The van der Waals surface area contributed by atoms with Gasteiger partial charge in [0.05, 0.1) is 20.8 Å². The van der Waals surface area contributed by atoms with Gasteiger partial charge >= 0.3 is 5.97 Å². The molecule has 1 aromatic carbocycles. The molecular weight excluding hydrogens is 336 g/mol. The third-order valence-electron chi connectivity index (χ3n) is 3.10. The maximum absolute atomic E-state index is 11.6. The van der Waals surface area contributed by atoms with Gasteiger partial charge in [0.1, 0.15) is 16.3 Å². The van der Waals surface area contributed by atoms with E-state index >= 15 is 0 Å². The van der Waals surface area contributed by atoms with Crippen molar-refractivity contribution >= 4 is 21.9 Å². The van der Waals surface area contributed by atoms with Crippen molar-refractivity contribution in [2.75, 3.05) is 20.8 Å². The number of carbonyl (C=O) groups excluding carboxylic acids is 1. The first-order valence-corrected chi connectivity index (χ1v) is 8.05. The zero-order chi connectivity index (χ0) is 15.7. The zero-order valence-corrected chi connectivity index (χ0v) is 14.4. The summed E-state index contributed by atoms with van der Waals surface area (Å²) >= 11 is 3.38. The summed E-state index contributed by atoms with van der Waals surface area (Å²) in [6, 6.07) is 5.78. The van der Waals surface area contributed by atoms with E-state index in [1.807, 2.05) is 25.1 Å². The number of hydrogen-bond acceptors (Lipinski definition) is 4. The lowest BCUT2D eigenvalue weighted by atomic mass is 10.1. The Morgan fingerprint density at radius 3 is 2.67 bits per heavy atom. The van der Waals surface area contributed by atoms with Crippen LogP contribution in [0.1, 0.15) is 31.7 Å². The van der Waals surface area contributed by atoms with Crippen LogP contribution in [0.4, 0.5) is 0 Å². The molecule has 0 bridgehead atoms. The smallest absolute Gasteiger partial charge is 0.319 e. The molecule has 0 aliphatic rings. The Bertz CT molecular complexity index is 448. The van der Waals surface area contributed by atoms with E-state index in [0.717, 1.165) is 42.7 Å². The van der Waals surface area contributed by atoms with Gasteiger partial charge in [-0.2, -0.15) is 0 Å². The van der Waals surface area contributed by atoms with Gasteiger partial charge in [-0.25, -0.2) is 0 Å². The minimum Gasteiger partial charge on any atom is -0.497 e. The van der Waals surface area contributed by atoms with Gasteiger partial charge in [-0.1, -0.05) is 28.9 Å². The van der Waals surface area contributed by atoms with Crippen molar-refractivity contribution in [3.05, 3.63) is 23.8 Å². The van der Waals surface area contributed by atoms with E-state index in [9.17, 15) is 4.79 Å². The minimum atomic E-state index is -0.242. The lowest BCUT2D eigenvalue weighted by Crippen LogP contribution is -2.18. The Morgan fingerprint density at radius 1 is 1.29 bits per heavy atom. The van der Waals surface area contributed by atoms with Crippen molar-refractivity contribution in [2.45, 2.75) is 37.4 Å². The van der Waals surface area contributed by atoms with Gasteiger partial charge in [-0.05, 0) is 37.3 Å². The van der Waals surface area contributed by atoms with Crippen molar-refractivity contribution in [2.24, 2.45) is 0 Å². The topological polar surface area (TPSA) is 44.8 Å². The zero-order valence-electron chi connectivity index (χ0n) is 12.9. The van der Waals surface area contributed by atoms with Crippen LogP contribution in [0.5, 0.6) is 11.5 Å². The molecule has 0 heterocycles. The number of methoxy groups -OCH3 is 2. The molecule has 0 saturated carbocycles. The van der Waals surface area contributed by atoms with Crippen LogP contribution in [0.2, 0.25) is 0 Å². The Hall–Kier alpha value is -1.23. The molecule has 1 atom stereocenters. The van der Waals surface area contributed by atoms with Crippen molar-refractivity contribution in [3.63, 3.8) is 0 Å². The second-order valence-corrected chi connectivity index (χ2v) is 5.81. The number of hydrogen-bond donors (Lipinski definition) is 0. The molecule has 4 nitrogen and oxygen atoms in total. The molecule has 118 valence electrons. The summed E-state index contributed by atoms with van der Waals surface area (Å²) in [5.41, 5.74) is 1.11. The number of ether oxygens (including phenoxy) is 3. The van der Waals surface area contributed by atoms with Crippen molar-refractivity contribution in [1.82, 2.24) is 0 Å². The SMILES string of the molecule is CCCOC(=O)C(Br)CCCc1ccc(OC)cc1OC. The Labute approximate surface area is 134 Å². The van der Waals surface area contributed by atoms with Gasteiger partial charge in [-0.3, -0.25) is 4.79 Å². The van der Waals surface area contributed by atoms with E-state index in [2.05, 4.69) is 15.9 Å². The summed E-state index contributed by atoms with van der Waals surface area (Å²) in [5, 5.41) is 0. The Morgan fingerprint density at radius 2 is 2.05 bits per heavy atom. The Balaban J connectivity index is 2.46. The minimum absolute atomic E-state index is 0.182. The highest BCUT2D eigenvalue weighted by molar-refractivity contribution is 9.10. The molecule has 0 radical (unpaired) electrons. The average molecular weight is 359 g/mol. The second-order valence-electron chi connectivity index (χ2n) is 4.71. The van der Waals surface area contributed by atoms with Gasteiger partial charge in [-0.15, -0.1) is 0 Å². The van der Waals surface area contributed by atoms with Crippen LogP contribution >= 0.6 is 15.9 Å². The first-order valence-electron chi connectivity index (χ1n) is 7.14. The molecule has 0 aliphatic carbocycles. The van der Waals surface area contributed by atoms with Crippen LogP contribution in [0.25, 0.3) is 0 Å². The largest absolute Gasteiger partial charge is 0.497 e. The fourth-order valence-electron chi connectivity index (χ4n) is 1.94. The molecule has 0 amide bonds. The van der Waals surface area contributed by atoms with Crippen molar-refractivity contribution in [3.8, 4) is 11.5 Å². The number of halogens is 1. The summed E-state index contributed by atoms with van der Waals surface area (Å²) in [5.74, 6) is 1.41. The van der Waals surface area contributed by atoms with E-state index in [4.69, 9.17) is 14.2 Å². The van der Waals surface area contributed by atoms with Gasteiger partial charge in [0.15, 0.2) is 0 Å². The van der Waals surface area contributed by atoms with E-state index in [1.165, 1.54) is 0 Å². The predicted molar refractivity (Wildman–Crippen MR) is 86.4 cm³/mol. The summed E-state index contributed by atoms with van der Waals surface area (Å²) in [6.07, 6.45) is 3.29. The number of aryl methyl sites for hydroxylation is 1. The van der Waals surface area contributed by atoms with Crippen LogP contribution < -0.4 is 9.47 Å². The van der Waals surface area contributed by atoms with Crippen LogP contribution in [0.3, 0.4) is 0 Å². The van der Waals surface area contributed by atoms with Crippen molar-refractivity contribution in [1.29, 1.82) is 0 Å². The normalized spacial score (nSPS) is 11.8. The van der Waals surface area contributed by atoms with Gasteiger partial charge in [0, 0.05) is 6.07 Å². The highest BCUT2D eigenvalue weighted by Gasteiger charge is 2.16. The molecule has 1 rings (SSSR count). The van der Waals surface area contributed by atoms with Crippen LogP contribution in [-0.4, -0.2) is 31.6 Å². The molecule has 1 unspecified atom stereocenters. The first kappa shape index (κ1) is 17.8. The van der Waals surface area contributed by atoms with E-state index in [-0.39, 0.29) is 10.8 Å². The summed E-state index contributed by atoms with van der Waals surface area (Å²) in [7, 11) is 3.28. The van der Waals surface area contributed by atoms with E-state index in [0.29, 0.717) is 6.61 Å². The number of benzene rings is 1.